The van der Waals surface area contributed by atoms with E-state index in [1.807, 2.05) is 18.2 Å². The second-order valence-electron chi connectivity index (χ2n) is 3.57. The monoisotopic (exact) mass is 192 g/mol. The van der Waals surface area contributed by atoms with Crippen LogP contribution in [0.25, 0.3) is 0 Å². The maximum Gasteiger partial charge on any atom is 0.0647 e. The highest BCUT2D eigenvalue weighted by atomic mass is 16.3. The molecular formula is C11H16N2O. The largest absolute Gasteiger partial charge is 0.394 e. The highest BCUT2D eigenvalue weighted by molar-refractivity contribution is 5.47. The Morgan fingerprint density at radius 2 is 2.14 bits per heavy atom. The predicted molar refractivity (Wildman–Crippen MR) is 57.5 cm³/mol. The smallest absolute Gasteiger partial charge is 0.0647 e. The van der Waals surface area contributed by atoms with Crippen LogP contribution in [0.15, 0.2) is 30.3 Å². The molecule has 0 aliphatic carbocycles. The molecule has 1 aliphatic heterocycles. The van der Waals surface area contributed by atoms with Gasteiger partial charge in [0, 0.05) is 25.3 Å². The van der Waals surface area contributed by atoms with Crippen LogP contribution in [-0.4, -0.2) is 37.4 Å². The fourth-order valence-corrected chi connectivity index (χ4v) is 1.88. The van der Waals surface area contributed by atoms with Gasteiger partial charge in [0.25, 0.3) is 0 Å². The van der Waals surface area contributed by atoms with Crippen molar-refractivity contribution in [2.24, 2.45) is 0 Å². The molecule has 76 valence electrons. The van der Waals surface area contributed by atoms with Gasteiger partial charge in [0.2, 0.25) is 0 Å². The van der Waals surface area contributed by atoms with E-state index in [4.69, 9.17) is 0 Å². The van der Waals surface area contributed by atoms with E-state index in [-0.39, 0.29) is 12.6 Å². The van der Waals surface area contributed by atoms with Crippen LogP contribution in [0, 0.1) is 0 Å². The number of para-hydroxylation sites is 1. The average Bonchev–Trinajstić information content (AvgIpc) is 2.30. The maximum absolute atomic E-state index is 9.24. The normalized spacial score (nSPS) is 22.4. The van der Waals surface area contributed by atoms with Crippen LogP contribution in [0.3, 0.4) is 0 Å². The third kappa shape index (κ3) is 1.89. The summed E-state index contributed by atoms with van der Waals surface area (Å²) in [5, 5.41) is 12.5. The molecule has 0 spiro atoms. The number of hydrogen-bond donors (Lipinski definition) is 2. The number of benzene rings is 1. The number of aliphatic hydroxyl groups is 1. The van der Waals surface area contributed by atoms with Gasteiger partial charge in [0.1, 0.15) is 0 Å². The molecule has 1 heterocycles. The Hall–Kier alpha value is -1.06. The Morgan fingerprint density at radius 1 is 1.36 bits per heavy atom. The SMILES string of the molecule is OC[C@@H]1CNCCN1c1ccccc1. The Morgan fingerprint density at radius 3 is 2.86 bits per heavy atom. The zero-order valence-electron chi connectivity index (χ0n) is 8.19. The number of piperazine rings is 1. The summed E-state index contributed by atoms with van der Waals surface area (Å²) in [7, 11) is 0. The van der Waals surface area contributed by atoms with Crippen molar-refractivity contribution in [1.29, 1.82) is 0 Å². The molecule has 1 aromatic carbocycles. The van der Waals surface area contributed by atoms with Crippen molar-refractivity contribution in [3.63, 3.8) is 0 Å². The molecule has 1 aliphatic rings. The first-order chi connectivity index (χ1) is 6.92. The zero-order chi connectivity index (χ0) is 9.80. The summed E-state index contributed by atoms with van der Waals surface area (Å²) in [5.74, 6) is 0. The summed E-state index contributed by atoms with van der Waals surface area (Å²) in [4.78, 5) is 2.26. The minimum absolute atomic E-state index is 0.210. The summed E-state index contributed by atoms with van der Waals surface area (Å²) in [6.45, 7) is 3.04. The molecule has 0 bridgehead atoms. The lowest BCUT2D eigenvalue weighted by Crippen LogP contribution is -2.53. The maximum atomic E-state index is 9.24. The molecule has 3 heteroatoms. The summed E-state index contributed by atoms with van der Waals surface area (Å²) in [6, 6.07) is 10.5. The van der Waals surface area contributed by atoms with E-state index in [1.54, 1.807) is 0 Å². The average molecular weight is 192 g/mol. The third-order valence-electron chi connectivity index (χ3n) is 2.65. The van der Waals surface area contributed by atoms with Gasteiger partial charge < -0.3 is 15.3 Å². The van der Waals surface area contributed by atoms with Crippen LogP contribution < -0.4 is 10.2 Å². The number of aliphatic hydroxyl groups excluding tert-OH is 1. The lowest BCUT2D eigenvalue weighted by atomic mass is 10.1. The first-order valence-corrected chi connectivity index (χ1v) is 5.05. The van der Waals surface area contributed by atoms with Crippen molar-refractivity contribution in [3.05, 3.63) is 30.3 Å². The first-order valence-electron chi connectivity index (χ1n) is 5.05. The molecule has 0 amide bonds. The second-order valence-corrected chi connectivity index (χ2v) is 3.57. The molecule has 3 nitrogen and oxygen atoms in total. The van der Waals surface area contributed by atoms with E-state index in [0.29, 0.717) is 0 Å². The highest BCUT2D eigenvalue weighted by Gasteiger charge is 2.20. The molecule has 0 unspecified atom stereocenters. The molecule has 1 aromatic rings. The molecule has 14 heavy (non-hydrogen) atoms. The Balaban J connectivity index is 2.15. The van der Waals surface area contributed by atoms with E-state index < -0.39 is 0 Å². The lowest BCUT2D eigenvalue weighted by molar-refractivity contribution is 0.246. The Bertz CT molecular complexity index is 276. The summed E-state index contributed by atoms with van der Waals surface area (Å²) in [6.07, 6.45) is 0. The molecule has 1 saturated heterocycles. The number of hydrogen-bond acceptors (Lipinski definition) is 3. The van der Waals surface area contributed by atoms with E-state index >= 15 is 0 Å². The second kappa shape index (κ2) is 4.44. The topological polar surface area (TPSA) is 35.5 Å². The van der Waals surface area contributed by atoms with Gasteiger partial charge in [-0.15, -0.1) is 0 Å². The van der Waals surface area contributed by atoms with Gasteiger partial charge in [-0.3, -0.25) is 0 Å². The van der Waals surface area contributed by atoms with Gasteiger partial charge in [0.05, 0.1) is 12.6 Å². The fourth-order valence-electron chi connectivity index (χ4n) is 1.88. The van der Waals surface area contributed by atoms with Crippen molar-refractivity contribution in [2.75, 3.05) is 31.1 Å². The number of nitrogens with one attached hydrogen (secondary N) is 1. The van der Waals surface area contributed by atoms with Gasteiger partial charge in [-0.1, -0.05) is 18.2 Å². The van der Waals surface area contributed by atoms with Crippen LogP contribution in [0.4, 0.5) is 5.69 Å². The van der Waals surface area contributed by atoms with Crippen LogP contribution in [0.5, 0.6) is 0 Å². The molecule has 2 rings (SSSR count). The van der Waals surface area contributed by atoms with Crippen LogP contribution in [0.1, 0.15) is 0 Å². The van der Waals surface area contributed by atoms with Crippen LogP contribution in [0.2, 0.25) is 0 Å². The molecule has 0 radical (unpaired) electrons. The van der Waals surface area contributed by atoms with E-state index in [9.17, 15) is 5.11 Å². The molecule has 0 saturated carbocycles. The predicted octanol–water partition coefficient (Wildman–Crippen LogP) is 0.457. The van der Waals surface area contributed by atoms with Gasteiger partial charge in [0.15, 0.2) is 0 Å². The Kier molecular flexibility index (Phi) is 3.01. The standard InChI is InChI=1S/C11H16N2O/c14-9-11-8-12-6-7-13(11)10-4-2-1-3-5-10/h1-5,11-12,14H,6-9H2/t11-/m0/s1. The van der Waals surface area contributed by atoms with Gasteiger partial charge in [-0.05, 0) is 12.1 Å². The number of rotatable bonds is 2. The number of nitrogens with zero attached hydrogens (tertiary/aromatic N) is 1. The molecule has 0 aromatic heterocycles. The van der Waals surface area contributed by atoms with E-state index in [1.165, 1.54) is 5.69 Å². The summed E-state index contributed by atoms with van der Waals surface area (Å²) >= 11 is 0. The van der Waals surface area contributed by atoms with Gasteiger partial charge >= 0.3 is 0 Å². The minimum atomic E-state index is 0.210. The minimum Gasteiger partial charge on any atom is -0.394 e. The summed E-state index contributed by atoms with van der Waals surface area (Å²) in [5.41, 5.74) is 1.20. The van der Waals surface area contributed by atoms with Crippen LogP contribution >= 0.6 is 0 Å². The quantitative estimate of drug-likeness (QED) is 0.714. The van der Waals surface area contributed by atoms with Gasteiger partial charge in [-0.25, -0.2) is 0 Å². The molecule has 2 N–H and O–H groups in total. The zero-order valence-corrected chi connectivity index (χ0v) is 8.19. The summed E-state index contributed by atoms with van der Waals surface area (Å²) < 4.78 is 0. The lowest BCUT2D eigenvalue weighted by Gasteiger charge is -2.36. The fraction of sp³-hybridized carbons (Fsp3) is 0.455. The number of anilines is 1. The van der Waals surface area contributed by atoms with Crippen molar-refractivity contribution in [3.8, 4) is 0 Å². The van der Waals surface area contributed by atoms with Crippen LogP contribution in [-0.2, 0) is 0 Å². The molecule has 1 fully saturated rings. The van der Waals surface area contributed by atoms with E-state index in [2.05, 4.69) is 22.3 Å². The first kappa shape index (κ1) is 9.49. The van der Waals surface area contributed by atoms with Crippen molar-refractivity contribution in [2.45, 2.75) is 6.04 Å². The van der Waals surface area contributed by atoms with Crippen molar-refractivity contribution < 1.29 is 5.11 Å². The van der Waals surface area contributed by atoms with Crippen molar-refractivity contribution >= 4 is 5.69 Å². The Labute approximate surface area is 84.4 Å². The molecule has 1 atom stereocenters. The molecular weight excluding hydrogens is 176 g/mol. The van der Waals surface area contributed by atoms with Crippen molar-refractivity contribution in [1.82, 2.24) is 5.32 Å². The van der Waals surface area contributed by atoms with Gasteiger partial charge in [-0.2, -0.15) is 0 Å². The highest BCUT2D eigenvalue weighted by Crippen LogP contribution is 2.17. The third-order valence-corrected chi connectivity index (χ3v) is 2.65. The van der Waals surface area contributed by atoms with E-state index in [0.717, 1.165) is 19.6 Å².